The molecular formula is C29H44O13. The van der Waals surface area contributed by atoms with E-state index < -0.39 is 74.6 Å². The Kier molecular flexibility index (Phi) is 12.7. The lowest BCUT2D eigenvalue weighted by Gasteiger charge is -2.39. The van der Waals surface area contributed by atoms with Crippen LogP contribution in [-0.4, -0.2) is 127 Å². The van der Waals surface area contributed by atoms with Gasteiger partial charge in [0.05, 0.1) is 19.8 Å². The van der Waals surface area contributed by atoms with Gasteiger partial charge < -0.3 is 64.9 Å². The number of aliphatic hydroxyl groups excluding tert-OH is 8. The van der Waals surface area contributed by atoms with Crippen LogP contribution in [0.15, 0.2) is 35.4 Å². The van der Waals surface area contributed by atoms with Gasteiger partial charge in [-0.2, -0.15) is 0 Å². The van der Waals surface area contributed by atoms with Gasteiger partial charge in [0.2, 0.25) is 6.29 Å². The van der Waals surface area contributed by atoms with Crippen molar-refractivity contribution in [2.45, 2.75) is 101 Å². The Balaban J connectivity index is 1.57. The van der Waals surface area contributed by atoms with E-state index in [0.29, 0.717) is 36.1 Å². The van der Waals surface area contributed by atoms with Gasteiger partial charge in [0.15, 0.2) is 6.29 Å². The lowest BCUT2D eigenvalue weighted by atomic mass is 9.99. The molecule has 13 nitrogen and oxygen atoms in total. The Bertz CT molecular complexity index is 1070. The molecular weight excluding hydrogens is 556 g/mol. The summed E-state index contributed by atoms with van der Waals surface area (Å²) in [6, 6.07) is 3.12. The minimum Gasteiger partial charge on any atom is -0.508 e. The molecule has 1 aromatic carbocycles. The molecule has 2 fully saturated rings. The first-order valence-corrected chi connectivity index (χ1v) is 13.9. The maximum atomic E-state index is 10.4. The highest BCUT2D eigenvalue weighted by Gasteiger charge is 2.45. The van der Waals surface area contributed by atoms with Crippen molar-refractivity contribution in [1.82, 2.24) is 0 Å². The topological polar surface area (TPSA) is 219 Å². The highest BCUT2D eigenvalue weighted by molar-refractivity contribution is 5.46. The van der Waals surface area contributed by atoms with E-state index in [-0.39, 0.29) is 12.4 Å². The minimum atomic E-state index is -1.58. The van der Waals surface area contributed by atoms with Crippen LogP contribution in [0.3, 0.4) is 0 Å². The molecule has 42 heavy (non-hydrogen) atoms. The van der Waals surface area contributed by atoms with Gasteiger partial charge >= 0.3 is 0 Å². The number of rotatable bonds is 12. The maximum absolute atomic E-state index is 10.4. The SMILES string of the molecule is CC(=CCc1cc(O)c(C)cc1OC1OC(CO)C(O)C(O)C1O)CCC=C(C)COC1OC(CO)C(O)C(O)C1O. The Labute approximate surface area is 244 Å². The molecule has 0 saturated carbocycles. The van der Waals surface area contributed by atoms with Crippen LogP contribution in [0, 0.1) is 6.92 Å². The van der Waals surface area contributed by atoms with Crippen LogP contribution in [0.1, 0.15) is 37.8 Å². The Hall–Kier alpha value is -2.14. The van der Waals surface area contributed by atoms with E-state index in [1.54, 1.807) is 19.1 Å². The third-order valence-corrected chi connectivity index (χ3v) is 7.50. The number of aryl methyl sites for hydroxylation is 1. The van der Waals surface area contributed by atoms with Gasteiger partial charge in [-0.1, -0.05) is 23.3 Å². The van der Waals surface area contributed by atoms with E-state index in [2.05, 4.69) is 0 Å². The number of aliphatic hydroxyl groups is 8. The third-order valence-electron chi connectivity index (χ3n) is 7.50. The van der Waals surface area contributed by atoms with Crippen molar-refractivity contribution in [2.24, 2.45) is 0 Å². The van der Waals surface area contributed by atoms with Crippen molar-refractivity contribution in [2.75, 3.05) is 19.8 Å². The molecule has 2 heterocycles. The summed E-state index contributed by atoms with van der Waals surface area (Å²) in [5.41, 5.74) is 2.99. The molecule has 238 valence electrons. The fraction of sp³-hybridized carbons (Fsp3) is 0.655. The number of phenols is 1. The van der Waals surface area contributed by atoms with Crippen LogP contribution in [0.5, 0.6) is 11.5 Å². The first-order valence-electron chi connectivity index (χ1n) is 13.9. The zero-order valence-electron chi connectivity index (χ0n) is 24.0. The third kappa shape index (κ3) is 8.49. The van der Waals surface area contributed by atoms with E-state index in [1.165, 1.54) is 0 Å². The van der Waals surface area contributed by atoms with E-state index in [9.17, 15) is 46.0 Å². The Morgan fingerprint density at radius 3 is 1.95 bits per heavy atom. The fourth-order valence-corrected chi connectivity index (χ4v) is 4.68. The molecule has 0 aliphatic carbocycles. The molecule has 0 spiro atoms. The molecule has 2 aliphatic rings. The predicted molar refractivity (Wildman–Crippen MR) is 147 cm³/mol. The summed E-state index contributed by atoms with van der Waals surface area (Å²) in [5, 5.41) is 89.3. The van der Waals surface area contributed by atoms with Gasteiger partial charge in [0.1, 0.15) is 60.3 Å². The average molecular weight is 601 g/mol. The van der Waals surface area contributed by atoms with Crippen molar-refractivity contribution < 1.29 is 64.9 Å². The second kappa shape index (κ2) is 15.5. The van der Waals surface area contributed by atoms with Crippen LogP contribution in [0.2, 0.25) is 0 Å². The highest BCUT2D eigenvalue weighted by Crippen LogP contribution is 2.32. The number of hydrogen-bond acceptors (Lipinski definition) is 13. The zero-order chi connectivity index (χ0) is 31.1. The van der Waals surface area contributed by atoms with Crippen molar-refractivity contribution in [3.05, 3.63) is 46.6 Å². The first kappa shape index (κ1) is 34.4. The van der Waals surface area contributed by atoms with Crippen LogP contribution in [0.25, 0.3) is 0 Å². The normalized spacial score (nSPS) is 34.5. The molecule has 1 aromatic rings. The fourth-order valence-electron chi connectivity index (χ4n) is 4.68. The Morgan fingerprint density at radius 2 is 1.36 bits per heavy atom. The van der Waals surface area contributed by atoms with Gasteiger partial charge in [-0.15, -0.1) is 0 Å². The molecule has 10 atom stereocenters. The first-order chi connectivity index (χ1) is 19.9. The van der Waals surface area contributed by atoms with Crippen LogP contribution in [-0.2, 0) is 20.6 Å². The number of allylic oxidation sites excluding steroid dienone is 3. The standard InChI is InChI=1S/C29H44O13/c1-14(5-4-6-15(2)13-39-28-26(37)24(35)22(33)20(11-30)41-28)7-8-17-10-18(32)16(3)9-19(17)40-29-27(38)25(36)23(34)21(12-31)42-29/h6-7,9-10,20-38H,4-5,8,11-13H2,1-3H3. The second-order valence-electron chi connectivity index (χ2n) is 10.9. The molecule has 2 aliphatic heterocycles. The number of phenolic OH excluding ortho intramolecular Hbond substituents is 1. The summed E-state index contributed by atoms with van der Waals surface area (Å²) >= 11 is 0. The molecule has 2 saturated heterocycles. The van der Waals surface area contributed by atoms with Gasteiger partial charge in [-0.3, -0.25) is 0 Å². The quantitative estimate of drug-likeness (QED) is 0.130. The van der Waals surface area contributed by atoms with Crippen LogP contribution in [0.4, 0.5) is 0 Å². The van der Waals surface area contributed by atoms with E-state index in [1.807, 2.05) is 26.0 Å². The zero-order valence-corrected chi connectivity index (χ0v) is 24.0. The molecule has 13 heteroatoms. The minimum absolute atomic E-state index is 0.0511. The van der Waals surface area contributed by atoms with Gasteiger partial charge in [0, 0.05) is 5.56 Å². The summed E-state index contributed by atoms with van der Waals surface area (Å²) in [6.45, 7) is 4.44. The van der Waals surface area contributed by atoms with Crippen LogP contribution < -0.4 is 4.74 Å². The number of benzene rings is 1. The van der Waals surface area contributed by atoms with Gasteiger partial charge in [-0.25, -0.2) is 0 Å². The summed E-state index contributed by atoms with van der Waals surface area (Å²) in [5.74, 6) is 0.356. The number of hydrogen-bond donors (Lipinski definition) is 9. The summed E-state index contributed by atoms with van der Waals surface area (Å²) in [7, 11) is 0. The van der Waals surface area contributed by atoms with E-state index in [4.69, 9.17) is 18.9 Å². The Morgan fingerprint density at radius 1 is 0.786 bits per heavy atom. The van der Waals surface area contributed by atoms with Crippen molar-refractivity contribution in [3.63, 3.8) is 0 Å². The molecule has 10 unspecified atom stereocenters. The molecule has 0 bridgehead atoms. The molecule has 9 N–H and O–H groups in total. The summed E-state index contributed by atoms with van der Waals surface area (Å²) in [6.07, 6.45) is -8.14. The maximum Gasteiger partial charge on any atom is 0.229 e. The van der Waals surface area contributed by atoms with Crippen molar-refractivity contribution in [3.8, 4) is 11.5 Å². The van der Waals surface area contributed by atoms with E-state index >= 15 is 0 Å². The summed E-state index contributed by atoms with van der Waals surface area (Å²) in [4.78, 5) is 0. The van der Waals surface area contributed by atoms with Crippen molar-refractivity contribution >= 4 is 0 Å². The lowest BCUT2D eigenvalue weighted by Crippen LogP contribution is -2.60. The largest absolute Gasteiger partial charge is 0.508 e. The van der Waals surface area contributed by atoms with Crippen molar-refractivity contribution in [1.29, 1.82) is 0 Å². The second-order valence-corrected chi connectivity index (χ2v) is 10.9. The molecule has 0 aromatic heterocycles. The lowest BCUT2D eigenvalue weighted by molar-refractivity contribution is -0.299. The smallest absolute Gasteiger partial charge is 0.229 e. The van der Waals surface area contributed by atoms with Gasteiger partial charge in [0.25, 0.3) is 0 Å². The highest BCUT2D eigenvalue weighted by atomic mass is 16.7. The molecule has 3 rings (SSSR count). The van der Waals surface area contributed by atoms with Crippen LogP contribution >= 0.6 is 0 Å². The van der Waals surface area contributed by atoms with Gasteiger partial charge in [-0.05, 0) is 57.7 Å². The molecule has 0 amide bonds. The predicted octanol–water partition coefficient (Wildman–Crippen LogP) is -1.09. The monoisotopic (exact) mass is 600 g/mol. The van der Waals surface area contributed by atoms with E-state index in [0.717, 1.165) is 11.1 Å². The number of ether oxygens (including phenoxy) is 4. The number of aromatic hydroxyl groups is 1. The average Bonchev–Trinajstić information content (AvgIpc) is 2.96. The molecule has 0 radical (unpaired) electrons. The summed E-state index contributed by atoms with van der Waals surface area (Å²) < 4.78 is 22.2.